The quantitative estimate of drug-likeness (QED) is 0.904. The molecule has 0 radical (unpaired) electrons. The number of anilines is 1. The molecule has 0 spiro atoms. The standard InChI is InChI=1S/C12H15ClFNO2/c1-12(2,11(16)17)7-15(3)10-6-8(13)4-5-9(10)14/h4-6H,7H2,1-3H3,(H,16,17). The van der Waals surface area contributed by atoms with Gasteiger partial charge in [0.2, 0.25) is 0 Å². The van der Waals surface area contributed by atoms with E-state index in [1.165, 1.54) is 18.2 Å². The minimum Gasteiger partial charge on any atom is -0.481 e. The summed E-state index contributed by atoms with van der Waals surface area (Å²) in [5.74, 6) is -1.34. The fraction of sp³-hybridized carbons (Fsp3) is 0.417. The van der Waals surface area contributed by atoms with E-state index in [-0.39, 0.29) is 6.54 Å². The molecule has 0 fully saturated rings. The Bertz CT molecular complexity index is 435. The van der Waals surface area contributed by atoms with Crippen molar-refractivity contribution in [1.82, 2.24) is 0 Å². The molecule has 17 heavy (non-hydrogen) atoms. The number of hydrogen-bond donors (Lipinski definition) is 1. The van der Waals surface area contributed by atoms with Crippen LogP contribution >= 0.6 is 11.6 Å². The molecule has 0 saturated carbocycles. The third kappa shape index (κ3) is 3.33. The van der Waals surface area contributed by atoms with E-state index in [9.17, 15) is 9.18 Å². The van der Waals surface area contributed by atoms with Crippen molar-refractivity contribution in [2.75, 3.05) is 18.5 Å². The molecule has 0 unspecified atom stereocenters. The first-order chi connectivity index (χ1) is 7.74. The number of carboxylic acid groups (broad SMARTS) is 1. The van der Waals surface area contributed by atoms with Crippen molar-refractivity contribution in [2.24, 2.45) is 5.41 Å². The lowest BCUT2D eigenvalue weighted by atomic mass is 9.93. The third-order valence-corrected chi connectivity index (χ3v) is 2.77. The Kier molecular flexibility index (Phi) is 3.98. The van der Waals surface area contributed by atoms with Crippen LogP contribution in [0.15, 0.2) is 18.2 Å². The first-order valence-electron chi connectivity index (χ1n) is 5.13. The Hall–Kier alpha value is -1.29. The highest BCUT2D eigenvalue weighted by Gasteiger charge is 2.29. The molecule has 3 nitrogen and oxygen atoms in total. The Morgan fingerprint density at radius 1 is 1.53 bits per heavy atom. The SMILES string of the molecule is CN(CC(C)(C)C(=O)O)c1cc(Cl)ccc1F. The highest BCUT2D eigenvalue weighted by molar-refractivity contribution is 6.30. The van der Waals surface area contributed by atoms with Crippen molar-refractivity contribution in [3.8, 4) is 0 Å². The van der Waals surface area contributed by atoms with Crippen molar-refractivity contribution in [3.05, 3.63) is 29.0 Å². The van der Waals surface area contributed by atoms with Gasteiger partial charge in [-0.2, -0.15) is 0 Å². The van der Waals surface area contributed by atoms with Crippen LogP contribution < -0.4 is 4.90 Å². The van der Waals surface area contributed by atoms with Crippen LogP contribution in [0.2, 0.25) is 5.02 Å². The predicted octanol–water partition coefficient (Wildman–Crippen LogP) is 3.03. The third-order valence-electron chi connectivity index (χ3n) is 2.53. The van der Waals surface area contributed by atoms with Gasteiger partial charge in [0.15, 0.2) is 0 Å². The maximum Gasteiger partial charge on any atom is 0.310 e. The summed E-state index contributed by atoms with van der Waals surface area (Å²) in [4.78, 5) is 12.5. The van der Waals surface area contributed by atoms with Crippen molar-refractivity contribution < 1.29 is 14.3 Å². The number of halogens is 2. The molecule has 0 amide bonds. The van der Waals surface area contributed by atoms with Gasteiger partial charge in [-0.3, -0.25) is 4.79 Å². The van der Waals surface area contributed by atoms with Gasteiger partial charge < -0.3 is 10.0 Å². The van der Waals surface area contributed by atoms with Crippen LogP contribution in [-0.4, -0.2) is 24.7 Å². The van der Waals surface area contributed by atoms with Crippen LogP contribution in [-0.2, 0) is 4.79 Å². The molecule has 0 aliphatic rings. The molecule has 0 bridgehead atoms. The first kappa shape index (κ1) is 13.8. The van der Waals surface area contributed by atoms with Gasteiger partial charge in [-0.1, -0.05) is 11.6 Å². The molecule has 1 aromatic carbocycles. The summed E-state index contributed by atoms with van der Waals surface area (Å²) < 4.78 is 13.5. The number of carboxylic acids is 1. The zero-order chi connectivity index (χ0) is 13.2. The highest BCUT2D eigenvalue weighted by Crippen LogP contribution is 2.26. The summed E-state index contributed by atoms with van der Waals surface area (Å²) in [5, 5.41) is 9.43. The second kappa shape index (κ2) is 4.92. The average molecular weight is 260 g/mol. The number of aliphatic carboxylic acids is 1. The minimum atomic E-state index is -0.955. The van der Waals surface area contributed by atoms with E-state index < -0.39 is 17.2 Å². The second-order valence-electron chi connectivity index (χ2n) is 4.64. The lowest BCUT2D eigenvalue weighted by molar-refractivity contribution is -0.146. The van der Waals surface area contributed by atoms with Gasteiger partial charge >= 0.3 is 5.97 Å². The lowest BCUT2D eigenvalue weighted by Crippen LogP contribution is -2.37. The second-order valence-corrected chi connectivity index (χ2v) is 5.08. The number of nitrogens with zero attached hydrogens (tertiary/aromatic N) is 1. The largest absolute Gasteiger partial charge is 0.481 e. The molecular formula is C12H15ClFNO2. The van der Waals surface area contributed by atoms with E-state index in [1.807, 2.05) is 0 Å². The van der Waals surface area contributed by atoms with Crippen LogP contribution in [0.3, 0.4) is 0 Å². The molecule has 0 aliphatic heterocycles. The lowest BCUT2D eigenvalue weighted by Gasteiger charge is -2.28. The van der Waals surface area contributed by atoms with Gasteiger partial charge in [-0.05, 0) is 32.0 Å². The molecule has 5 heteroatoms. The Balaban J connectivity index is 2.94. The maximum atomic E-state index is 13.5. The van der Waals surface area contributed by atoms with Crippen molar-refractivity contribution >= 4 is 23.3 Å². The Morgan fingerprint density at radius 3 is 2.65 bits per heavy atom. The molecule has 0 heterocycles. The summed E-state index contributed by atoms with van der Waals surface area (Å²) in [7, 11) is 1.64. The molecule has 1 rings (SSSR count). The van der Waals surface area contributed by atoms with Crippen LogP contribution in [0.1, 0.15) is 13.8 Å². The van der Waals surface area contributed by atoms with E-state index in [4.69, 9.17) is 16.7 Å². The molecule has 0 saturated heterocycles. The van der Waals surface area contributed by atoms with Gasteiger partial charge in [-0.25, -0.2) is 4.39 Å². The summed E-state index contributed by atoms with van der Waals surface area (Å²) >= 11 is 5.79. The highest BCUT2D eigenvalue weighted by atomic mass is 35.5. The minimum absolute atomic E-state index is 0.194. The van der Waals surface area contributed by atoms with E-state index in [1.54, 1.807) is 25.8 Å². The van der Waals surface area contributed by atoms with Gasteiger partial charge in [-0.15, -0.1) is 0 Å². The van der Waals surface area contributed by atoms with E-state index >= 15 is 0 Å². The zero-order valence-corrected chi connectivity index (χ0v) is 10.8. The van der Waals surface area contributed by atoms with E-state index in [2.05, 4.69) is 0 Å². The van der Waals surface area contributed by atoms with Gasteiger partial charge in [0.25, 0.3) is 0 Å². The summed E-state index contributed by atoms with van der Waals surface area (Å²) in [6, 6.07) is 4.20. The molecule has 1 aromatic rings. The van der Waals surface area contributed by atoms with Gasteiger partial charge in [0, 0.05) is 18.6 Å². The monoisotopic (exact) mass is 259 g/mol. The van der Waals surface area contributed by atoms with Crippen molar-refractivity contribution in [3.63, 3.8) is 0 Å². The van der Waals surface area contributed by atoms with Crippen molar-refractivity contribution in [2.45, 2.75) is 13.8 Å². The van der Waals surface area contributed by atoms with Gasteiger partial charge in [0.05, 0.1) is 11.1 Å². The number of benzene rings is 1. The fourth-order valence-electron chi connectivity index (χ4n) is 1.52. The Labute approximate surface area is 105 Å². The normalized spacial score (nSPS) is 11.4. The van der Waals surface area contributed by atoms with Crippen molar-refractivity contribution in [1.29, 1.82) is 0 Å². The smallest absolute Gasteiger partial charge is 0.310 e. The average Bonchev–Trinajstić information content (AvgIpc) is 2.20. The van der Waals surface area contributed by atoms with Crippen LogP contribution in [0.5, 0.6) is 0 Å². The fourth-order valence-corrected chi connectivity index (χ4v) is 1.69. The summed E-state index contributed by atoms with van der Waals surface area (Å²) in [6.45, 7) is 3.38. The Morgan fingerprint density at radius 2 is 2.12 bits per heavy atom. The molecular weight excluding hydrogens is 245 g/mol. The molecule has 94 valence electrons. The summed E-state index contributed by atoms with van der Waals surface area (Å²) in [5.41, 5.74) is -0.657. The maximum absolute atomic E-state index is 13.5. The van der Waals surface area contributed by atoms with E-state index in [0.717, 1.165) is 0 Å². The number of hydrogen-bond acceptors (Lipinski definition) is 2. The zero-order valence-electron chi connectivity index (χ0n) is 10.00. The number of carbonyl (C=O) groups is 1. The van der Waals surface area contributed by atoms with Crippen LogP contribution in [0.25, 0.3) is 0 Å². The van der Waals surface area contributed by atoms with Gasteiger partial charge in [0.1, 0.15) is 5.82 Å². The topological polar surface area (TPSA) is 40.5 Å². The van der Waals surface area contributed by atoms with E-state index in [0.29, 0.717) is 10.7 Å². The van der Waals surface area contributed by atoms with Crippen LogP contribution in [0.4, 0.5) is 10.1 Å². The molecule has 0 aromatic heterocycles. The predicted molar refractivity (Wildman–Crippen MR) is 66.1 cm³/mol. The molecule has 0 aliphatic carbocycles. The van der Waals surface area contributed by atoms with Crippen LogP contribution in [0, 0.1) is 11.2 Å². The summed E-state index contributed by atoms with van der Waals surface area (Å²) in [6.07, 6.45) is 0. The number of rotatable bonds is 4. The molecule has 0 atom stereocenters. The molecule has 1 N–H and O–H groups in total. The first-order valence-corrected chi connectivity index (χ1v) is 5.51.